The van der Waals surface area contributed by atoms with E-state index in [0.29, 0.717) is 16.0 Å². The molecule has 94 valence electrons. The van der Waals surface area contributed by atoms with Crippen LogP contribution in [-0.2, 0) is 6.42 Å². The van der Waals surface area contributed by atoms with Crippen molar-refractivity contribution in [3.63, 3.8) is 0 Å². The number of anilines is 1. The smallest absolute Gasteiger partial charge is 0.222 e. The minimum absolute atomic E-state index is 0.233. The molecule has 0 radical (unpaired) electrons. The molecule has 0 fully saturated rings. The second-order valence-electron chi connectivity index (χ2n) is 3.61. The number of halogens is 2. The lowest BCUT2D eigenvalue weighted by molar-refractivity contribution is 0.457. The summed E-state index contributed by atoms with van der Waals surface area (Å²) in [6.07, 6.45) is 2.17. The van der Waals surface area contributed by atoms with Gasteiger partial charge in [0.15, 0.2) is 5.75 Å². The van der Waals surface area contributed by atoms with E-state index in [9.17, 15) is 4.39 Å². The van der Waals surface area contributed by atoms with Crippen LogP contribution in [0, 0.1) is 5.82 Å². The second kappa shape index (κ2) is 5.30. The van der Waals surface area contributed by atoms with Gasteiger partial charge in [0.1, 0.15) is 12.1 Å². The minimum atomic E-state index is -0.441. The predicted molar refractivity (Wildman–Crippen MR) is 70.0 cm³/mol. The third-order valence-electron chi connectivity index (χ3n) is 2.33. The highest BCUT2D eigenvalue weighted by molar-refractivity contribution is 9.10. The first kappa shape index (κ1) is 12.8. The van der Waals surface area contributed by atoms with E-state index in [1.54, 1.807) is 6.07 Å². The Hall–Kier alpha value is -1.69. The van der Waals surface area contributed by atoms with Crippen LogP contribution in [0.1, 0.15) is 12.6 Å². The SMILES string of the molecule is CCc1cc(Oc2cc(F)c(Br)cc2N)ncn1. The molecule has 0 amide bonds. The number of nitrogens with zero attached hydrogens (tertiary/aromatic N) is 2. The maximum Gasteiger partial charge on any atom is 0.222 e. The Labute approximate surface area is 112 Å². The molecule has 0 aliphatic carbocycles. The standard InChI is InChI=1S/C12H11BrFN3O/c1-2-7-3-12(17-6-16-7)18-11-5-9(14)8(13)4-10(11)15/h3-6H,2,15H2,1H3. The number of benzene rings is 1. The average Bonchev–Trinajstić information content (AvgIpc) is 2.36. The normalized spacial score (nSPS) is 10.4. The summed E-state index contributed by atoms with van der Waals surface area (Å²) < 4.78 is 19.1. The Morgan fingerprint density at radius 2 is 2.11 bits per heavy atom. The predicted octanol–water partition coefficient (Wildman–Crippen LogP) is 3.32. The van der Waals surface area contributed by atoms with Crippen LogP contribution < -0.4 is 10.5 Å². The van der Waals surface area contributed by atoms with Crippen LogP contribution in [0.3, 0.4) is 0 Å². The van der Waals surface area contributed by atoms with Gasteiger partial charge in [0.25, 0.3) is 0 Å². The van der Waals surface area contributed by atoms with Gasteiger partial charge in [0.05, 0.1) is 10.2 Å². The minimum Gasteiger partial charge on any atom is -0.437 e. The summed E-state index contributed by atoms with van der Waals surface area (Å²) in [7, 11) is 0. The zero-order valence-corrected chi connectivity index (χ0v) is 11.2. The highest BCUT2D eigenvalue weighted by Crippen LogP contribution is 2.31. The molecule has 1 aromatic carbocycles. The van der Waals surface area contributed by atoms with Gasteiger partial charge in [-0.15, -0.1) is 0 Å². The number of nitrogen functional groups attached to an aromatic ring is 1. The van der Waals surface area contributed by atoms with Gasteiger partial charge in [0.2, 0.25) is 5.88 Å². The molecule has 0 spiro atoms. The summed E-state index contributed by atoms with van der Waals surface area (Å²) in [5.41, 5.74) is 6.92. The van der Waals surface area contributed by atoms with E-state index in [2.05, 4.69) is 25.9 Å². The van der Waals surface area contributed by atoms with Gasteiger partial charge in [-0.05, 0) is 28.4 Å². The lowest BCUT2D eigenvalue weighted by Gasteiger charge is -2.09. The molecule has 1 aromatic heterocycles. The molecule has 18 heavy (non-hydrogen) atoms. The van der Waals surface area contributed by atoms with E-state index in [0.717, 1.165) is 12.1 Å². The molecule has 2 rings (SSSR count). The largest absolute Gasteiger partial charge is 0.437 e. The van der Waals surface area contributed by atoms with Crippen LogP contribution in [0.15, 0.2) is 29.0 Å². The summed E-state index contributed by atoms with van der Waals surface area (Å²) >= 11 is 3.05. The van der Waals surface area contributed by atoms with Crippen LogP contribution in [0.4, 0.5) is 10.1 Å². The van der Waals surface area contributed by atoms with Gasteiger partial charge >= 0.3 is 0 Å². The van der Waals surface area contributed by atoms with Crippen molar-refractivity contribution in [2.24, 2.45) is 0 Å². The summed E-state index contributed by atoms with van der Waals surface area (Å²) in [5, 5.41) is 0. The third kappa shape index (κ3) is 2.76. The molecular weight excluding hydrogens is 301 g/mol. The highest BCUT2D eigenvalue weighted by Gasteiger charge is 2.09. The average molecular weight is 312 g/mol. The maximum absolute atomic E-state index is 13.4. The summed E-state index contributed by atoms with van der Waals surface area (Å²) in [4.78, 5) is 8.00. The molecular formula is C12H11BrFN3O. The fourth-order valence-corrected chi connectivity index (χ4v) is 1.73. The summed E-state index contributed by atoms with van der Waals surface area (Å²) in [6, 6.07) is 4.36. The first-order valence-electron chi connectivity index (χ1n) is 5.33. The number of aryl methyl sites for hydroxylation is 1. The van der Waals surface area contributed by atoms with E-state index >= 15 is 0 Å². The number of ether oxygens (including phenoxy) is 1. The van der Waals surface area contributed by atoms with Crippen molar-refractivity contribution >= 4 is 21.6 Å². The molecule has 0 bridgehead atoms. The first-order valence-corrected chi connectivity index (χ1v) is 6.12. The third-order valence-corrected chi connectivity index (χ3v) is 2.94. The summed E-state index contributed by atoms with van der Waals surface area (Å²) in [5.74, 6) is 0.135. The van der Waals surface area contributed by atoms with Crippen LogP contribution in [-0.4, -0.2) is 9.97 Å². The van der Waals surface area contributed by atoms with Crippen molar-refractivity contribution in [1.82, 2.24) is 9.97 Å². The van der Waals surface area contributed by atoms with Gasteiger partial charge in [0, 0.05) is 17.8 Å². The molecule has 0 saturated heterocycles. The van der Waals surface area contributed by atoms with Crippen molar-refractivity contribution in [2.75, 3.05) is 5.73 Å². The fraction of sp³-hybridized carbons (Fsp3) is 0.167. The molecule has 1 heterocycles. The molecule has 2 aromatic rings. The van der Waals surface area contributed by atoms with Gasteiger partial charge in [-0.25, -0.2) is 14.4 Å². The Balaban J connectivity index is 2.30. The Morgan fingerprint density at radius 1 is 1.33 bits per heavy atom. The molecule has 0 aliphatic rings. The van der Waals surface area contributed by atoms with Gasteiger partial charge < -0.3 is 10.5 Å². The molecule has 0 atom stereocenters. The van der Waals surface area contributed by atoms with Crippen LogP contribution >= 0.6 is 15.9 Å². The van der Waals surface area contributed by atoms with E-state index in [-0.39, 0.29) is 5.75 Å². The number of rotatable bonds is 3. The molecule has 0 saturated carbocycles. The zero-order valence-electron chi connectivity index (χ0n) is 9.65. The van der Waals surface area contributed by atoms with Crippen LogP contribution in [0.5, 0.6) is 11.6 Å². The van der Waals surface area contributed by atoms with Crippen molar-refractivity contribution in [2.45, 2.75) is 13.3 Å². The van der Waals surface area contributed by atoms with Gasteiger partial charge in [-0.2, -0.15) is 0 Å². The topological polar surface area (TPSA) is 61.0 Å². The maximum atomic E-state index is 13.4. The summed E-state index contributed by atoms with van der Waals surface area (Å²) in [6.45, 7) is 1.97. The molecule has 2 N–H and O–H groups in total. The Morgan fingerprint density at radius 3 is 2.83 bits per heavy atom. The number of nitrogens with two attached hydrogens (primary N) is 1. The first-order chi connectivity index (χ1) is 8.60. The zero-order chi connectivity index (χ0) is 13.1. The molecule has 0 unspecified atom stereocenters. The number of hydrogen-bond acceptors (Lipinski definition) is 4. The van der Waals surface area contributed by atoms with Crippen molar-refractivity contribution in [3.05, 3.63) is 40.5 Å². The molecule has 0 aliphatic heterocycles. The monoisotopic (exact) mass is 311 g/mol. The molecule has 4 nitrogen and oxygen atoms in total. The fourth-order valence-electron chi connectivity index (χ4n) is 1.37. The van der Waals surface area contributed by atoms with Crippen molar-refractivity contribution in [3.8, 4) is 11.6 Å². The quantitative estimate of drug-likeness (QED) is 0.883. The van der Waals surface area contributed by atoms with Crippen LogP contribution in [0.2, 0.25) is 0 Å². The second-order valence-corrected chi connectivity index (χ2v) is 4.46. The highest BCUT2D eigenvalue weighted by atomic mass is 79.9. The van der Waals surface area contributed by atoms with Crippen LogP contribution in [0.25, 0.3) is 0 Å². The number of aromatic nitrogens is 2. The van der Waals surface area contributed by atoms with E-state index in [4.69, 9.17) is 10.5 Å². The molecule has 6 heteroatoms. The van der Waals surface area contributed by atoms with E-state index < -0.39 is 5.82 Å². The van der Waals surface area contributed by atoms with Gasteiger partial charge in [-0.3, -0.25) is 0 Å². The lowest BCUT2D eigenvalue weighted by atomic mass is 10.3. The Kier molecular flexibility index (Phi) is 3.76. The van der Waals surface area contributed by atoms with E-state index in [1.165, 1.54) is 18.5 Å². The Bertz CT molecular complexity index is 577. The van der Waals surface area contributed by atoms with Crippen molar-refractivity contribution < 1.29 is 9.13 Å². The van der Waals surface area contributed by atoms with Gasteiger partial charge in [-0.1, -0.05) is 6.92 Å². The lowest BCUT2D eigenvalue weighted by Crippen LogP contribution is -1.97. The van der Waals surface area contributed by atoms with E-state index in [1.807, 2.05) is 6.92 Å². The van der Waals surface area contributed by atoms with Crippen molar-refractivity contribution in [1.29, 1.82) is 0 Å². The number of hydrogen-bond donors (Lipinski definition) is 1.